The lowest BCUT2D eigenvalue weighted by molar-refractivity contribution is -0.148. The molecule has 4 atom stereocenters. The second kappa shape index (κ2) is 9.71. The van der Waals surface area contributed by atoms with Crippen LogP contribution in [0.4, 0.5) is 0 Å². The van der Waals surface area contributed by atoms with Gasteiger partial charge in [-0.1, -0.05) is 11.6 Å². The number of rotatable bonds is 10. The van der Waals surface area contributed by atoms with Crippen molar-refractivity contribution in [3.05, 3.63) is 62.4 Å². The van der Waals surface area contributed by atoms with Gasteiger partial charge in [-0.05, 0) is 56.9 Å². The Morgan fingerprint density at radius 3 is 2.51 bits per heavy atom. The zero-order chi connectivity index (χ0) is 26.4. The number of aromatic amines is 1. The number of hydrogen-bond acceptors (Lipinski definition) is 9. The zero-order valence-electron chi connectivity index (χ0n) is 20.1. The summed E-state index contributed by atoms with van der Waals surface area (Å²) < 4.78 is 38.1. The molecule has 200 valence electrons. The average molecular weight is 555 g/mol. The van der Waals surface area contributed by atoms with E-state index in [0.717, 1.165) is 0 Å². The highest BCUT2D eigenvalue weighted by atomic mass is 35.5. The molecule has 5 rings (SSSR count). The molecule has 1 saturated heterocycles. The summed E-state index contributed by atoms with van der Waals surface area (Å²) in [4.78, 5) is 38.6. The van der Waals surface area contributed by atoms with Crippen molar-refractivity contribution < 1.29 is 33.0 Å². The van der Waals surface area contributed by atoms with Crippen molar-refractivity contribution in [1.82, 2.24) is 9.55 Å². The lowest BCUT2D eigenvalue weighted by atomic mass is 9.96. The minimum atomic E-state index is -3.95. The minimum absolute atomic E-state index is 0.194. The third-order valence-corrected chi connectivity index (χ3v) is 9.50. The number of H-pyrrole nitrogens is 1. The Hall–Kier alpha value is -2.43. The van der Waals surface area contributed by atoms with Crippen LogP contribution in [-0.4, -0.2) is 52.2 Å². The molecule has 13 heteroatoms. The van der Waals surface area contributed by atoms with E-state index in [2.05, 4.69) is 4.98 Å². The first kappa shape index (κ1) is 26.2. The Labute approximate surface area is 217 Å². The Morgan fingerprint density at radius 2 is 1.92 bits per heavy atom. The number of aliphatic hydroxyl groups is 1. The molecule has 0 bridgehead atoms. The third-order valence-electron chi connectivity index (χ3n) is 7.22. The maximum Gasteiger partial charge on any atom is 0.380 e. The fourth-order valence-corrected chi connectivity index (χ4v) is 7.18. The van der Waals surface area contributed by atoms with Crippen molar-refractivity contribution in [2.45, 2.75) is 51.0 Å². The molecule has 1 unspecified atom stereocenters. The molecule has 2 aromatic rings. The van der Waals surface area contributed by atoms with Crippen LogP contribution in [0.1, 0.15) is 38.8 Å². The molecular weight excluding hydrogens is 527 g/mol. The first-order valence-corrected chi connectivity index (χ1v) is 14.2. The SMILES string of the molecule is CCOC(=O)C1(CP(=O)(OC[C@H]2O[C@@H](n3ccc(=O)[nH]c3=O)C3(CC3)[C@@H]2O)Oc2ccc(Cl)cc2)CC1. The van der Waals surface area contributed by atoms with E-state index in [0.29, 0.717) is 30.7 Å². The summed E-state index contributed by atoms with van der Waals surface area (Å²) in [5.74, 6) is -0.207. The number of nitrogens with one attached hydrogen (secondary N) is 1. The largest absolute Gasteiger partial charge is 0.466 e. The van der Waals surface area contributed by atoms with Crippen LogP contribution in [-0.2, 0) is 23.4 Å². The molecule has 1 aliphatic heterocycles. The number of benzene rings is 1. The van der Waals surface area contributed by atoms with Crippen molar-refractivity contribution in [2.24, 2.45) is 10.8 Å². The first-order chi connectivity index (χ1) is 17.6. The Balaban J connectivity index is 1.36. The monoisotopic (exact) mass is 554 g/mol. The van der Waals surface area contributed by atoms with Gasteiger partial charge in [0.1, 0.15) is 18.1 Å². The minimum Gasteiger partial charge on any atom is -0.466 e. The summed E-state index contributed by atoms with van der Waals surface area (Å²) in [6.07, 6.45) is 0.554. The predicted molar refractivity (Wildman–Crippen MR) is 132 cm³/mol. The van der Waals surface area contributed by atoms with E-state index in [1.165, 1.54) is 16.8 Å². The fraction of sp³-hybridized carbons (Fsp3) is 0.542. The van der Waals surface area contributed by atoms with Gasteiger partial charge in [0.15, 0.2) is 0 Å². The highest BCUT2D eigenvalue weighted by molar-refractivity contribution is 7.54. The van der Waals surface area contributed by atoms with Gasteiger partial charge >= 0.3 is 19.3 Å². The van der Waals surface area contributed by atoms with E-state index >= 15 is 0 Å². The van der Waals surface area contributed by atoms with Gasteiger partial charge in [0, 0.05) is 22.7 Å². The number of ether oxygens (including phenoxy) is 2. The van der Waals surface area contributed by atoms with Gasteiger partial charge in [-0.2, -0.15) is 0 Å². The number of aromatic nitrogens is 2. The summed E-state index contributed by atoms with van der Waals surface area (Å²) in [6, 6.07) is 7.44. The molecule has 3 fully saturated rings. The van der Waals surface area contributed by atoms with E-state index in [1.807, 2.05) is 0 Å². The number of halogens is 1. The normalized spacial score (nSPS) is 26.4. The van der Waals surface area contributed by atoms with Crippen LogP contribution in [0.15, 0.2) is 46.1 Å². The van der Waals surface area contributed by atoms with Crippen molar-refractivity contribution in [3.8, 4) is 5.75 Å². The molecule has 3 aliphatic rings. The average Bonchev–Trinajstić information content (AvgIpc) is 3.77. The molecule has 2 aliphatic carbocycles. The van der Waals surface area contributed by atoms with Crippen LogP contribution in [0.5, 0.6) is 5.75 Å². The Bertz CT molecular complexity index is 1330. The standard InChI is InChI=1S/C24H28ClN2O9P/c1-2-33-21(30)23(8-9-23)14-37(32,36-16-5-3-15(25)4-6-16)34-13-17-19(29)24(10-11-24)20(35-17)27-12-7-18(28)26-22(27)31/h3-7,12,17,19-20,29H,2,8-11,13-14H2,1H3,(H,26,28,31)/t17-,19-,20-,37?/m1/s1. The smallest absolute Gasteiger partial charge is 0.380 e. The van der Waals surface area contributed by atoms with Gasteiger partial charge in [0.2, 0.25) is 0 Å². The number of aliphatic hydroxyl groups excluding tert-OH is 1. The van der Waals surface area contributed by atoms with Crippen LogP contribution < -0.4 is 15.8 Å². The number of carbonyl (C=O) groups is 1. The van der Waals surface area contributed by atoms with E-state index in [4.69, 9.17) is 30.1 Å². The van der Waals surface area contributed by atoms with Gasteiger partial charge in [-0.25, -0.2) is 9.36 Å². The van der Waals surface area contributed by atoms with E-state index in [1.54, 1.807) is 31.2 Å². The predicted octanol–water partition coefficient (Wildman–Crippen LogP) is 2.86. The van der Waals surface area contributed by atoms with Crippen LogP contribution >= 0.6 is 19.2 Å². The molecular formula is C24H28ClN2O9P. The van der Waals surface area contributed by atoms with Crippen LogP contribution in [0.3, 0.4) is 0 Å². The second-order valence-corrected chi connectivity index (χ2v) is 12.2. The molecule has 2 N–H and O–H groups in total. The highest BCUT2D eigenvalue weighted by Gasteiger charge is 2.65. The maximum absolute atomic E-state index is 14.0. The lowest BCUT2D eigenvalue weighted by Crippen LogP contribution is -2.35. The molecule has 37 heavy (non-hydrogen) atoms. The number of hydrogen-bond donors (Lipinski definition) is 2. The van der Waals surface area contributed by atoms with Crippen molar-refractivity contribution in [3.63, 3.8) is 0 Å². The Morgan fingerprint density at radius 1 is 1.22 bits per heavy atom. The zero-order valence-corrected chi connectivity index (χ0v) is 21.8. The van der Waals surface area contributed by atoms with Gasteiger partial charge in [0.25, 0.3) is 5.56 Å². The summed E-state index contributed by atoms with van der Waals surface area (Å²) >= 11 is 5.95. The first-order valence-electron chi connectivity index (χ1n) is 12.1. The summed E-state index contributed by atoms with van der Waals surface area (Å²) in [7, 11) is -3.95. The molecule has 1 spiro atoms. The van der Waals surface area contributed by atoms with Crippen molar-refractivity contribution >= 4 is 25.2 Å². The topological polar surface area (TPSA) is 146 Å². The quantitative estimate of drug-likeness (QED) is 0.334. The van der Waals surface area contributed by atoms with Crippen LogP contribution in [0.2, 0.25) is 5.02 Å². The Kier molecular flexibility index (Phi) is 6.87. The van der Waals surface area contributed by atoms with Crippen molar-refractivity contribution in [2.75, 3.05) is 19.4 Å². The molecule has 2 saturated carbocycles. The number of nitrogens with zero attached hydrogens (tertiary/aromatic N) is 1. The van der Waals surface area contributed by atoms with E-state index in [9.17, 15) is 24.1 Å². The molecule has 1 aromatic heterocycles. The highest BCUT2D eigenvalue weighted by Crippen LogP contribution is 2.64. The van der Waals surface area contributed by atoms with E-state index in [-0.39, 0.29) is 25.1 Å². The molecule has 11 nitrogen and oxygen atoms in total. The van der Waals surface area contributed by atoms with Gasteiger partial charge in [0.05, 0.1) is 30.9 Å². The molecule has 0 amide bonds. The second-order valence-electron chi connectivity index (χ2n) is 9.83. The van der Waals surface area contributed by atoms with Crippen molar-refractivity contribution in [1.29, 1.82) is 0 Å². The van der Waals surface area contributed by atoms with Crippen LogP contribution in [0, 0.1) is 10.8 Å². The van der Waals surface area contributed by atoms with Gasteiger partial charge in [-0.15, -0.1) is 0 Å². The molecule has 2 heterocycles. The summed E-state index contributed by atoms with van der Waals surface area (Å²) in [5.41, 5.74) is -2.88. The van der Waals surface area contributed by atoms with E-state index < -0.39 is 54.1 Å². The summed E-state index contributed by atoms with van der Waals surface area (Å²) in [5, 5.41) is 11.5. The third kappa shape index (κ3) is 5.15. The number of esters is 1. The summed E-state index contributed by atoms with van der Waals surface area (Å²) in [6.45, 7) is 1.59. The lowest BCUT2D eigenvalue weighted by Gasteiger charge is -2.25. The van der Waals surface area contributed by atoms with Crippen LogP contribution in [0.25, 0.3) is 0 Å². The molecule has 0 radical (unpaired) electrons. The fourth-order valence-electron chi connectivity index (χ4n) is 4.84. The van der Waals surface area contributed by atoms with Gasteiger partial charge < -0.3 is 19.1 Å². The number of carbonyl (C=O) groups excluding carboxylic acids is 1. The maximum atomic E-state index is 14.0. The van der Waals surface area contributed by atoms with Gasteiger partial charge in [-0.3, -0.25) is 23.7 Å². The molecule has 1 aromatic carbocycles.